The highest BCUT2D eigenvalue weighted by Crippen LogP contribution is 2.28. The maximum absolute atomic E-state index is 13.3. The van der Waals surface area contributed by atoms with Gasteiger partial charge in [-0.25, -0.2) is 18.0 Å². The predicted molar refractivity (Wildman–Crippen MR) is 131 cm³/mol. The number of esters is 2. The number of pyridine rings is 1. The third-order valence-corrected chi connectivity index (χ3v) is 8.01. The number of hydrogen-bond donors (Lipinski definition) is 1. The fourth-order valence-corrected chi connectivity index (χ4v) is 5.83. The molecule has 0 atom stereocenters. The van der Waals surface area contributed by atoms with Crippen molar-refractivity contribution < 1.29 is 32.3 Å². The Hall–Kier alpha value is -3.83. The number of ether oxygens (including phenoxy) is 2. The van der Waals surface area contributed by atoms with Crippen LogP contribution in [0.5, 0.6) is 0 Å². The third-order valence-electron chi connectivity index (χ3n) is 6.08. The first kappa shape index (κ1) is 25.3. The predicted octanol–water partition coefficient (Wildman–Crippen LogP) is 2.85. The zero-order valence-corrected chi connectivity index (χ0v) is 20.6. The molecule has 0 radical (unpaired) electrons. The summed E-state index contributed by atoms with van der Waals surface area (Å²) in [5.41, 5.74) is 0.813. The highest BCUT2D eigenvalue weighted by molar-refractivity contribution is 7.89. The van der Waals surface area contributed by atoms with Gasteiger partial charge in [-0.2, -0.15) is 4.31 Å². The summed E-state index contributed by atoms with van der Waals surface area (Å²) >= 11 is 0. The van der Waals surface area contributed by atoms with Crippen LogP contribution in [-0.2, 0) is 24.3 Å². The van der Waals surface area contributed by atoms with Crippen LogP contribution in [0.4, 0.5) is 5.69 Å². The summed E-state index contributed by atoms with van der Waals surface area (Å²) in [4.78, 5) is 41.3. The highest BCUT2D eigenvalue weighted by Gasteiger charge is 2.33. The van der Waals surface area contributed by atoms with Gasteiger partial charge in [0.25, 0.3) is 0 Å². The van der Waals surface area contributed by atoms with Crippen molar-refractivity contribution in [2.45, 2.75) is 17.7 Å². The van der Waals surface area contributed by atoms with E-state index in [9.17, 15) is 22.8 Å². The second-order valence-electron chi connectivity index (χ2n) is 8.28. The Bertz CT molecular complexity index is 1390. The van der Waals surface area contributed by atoms with Crippen molar-refractivity contribution >= 4 is 44.5 Å². The Morgan fingerprint density at radius 1 is 0.944 bits per heavy atom. The largest absolute Gasteiger partial charge is 0.465 e. The number of fused-ring (bicyclic) bond motifs is 1. The van der Waals surface area contributed by atoms with E-state index in [0.717, 1.165) is 5.39 Å². The van der Waals surface area contributed by atoms with Crippen LogP contribution in [0, 0.1) is 5.92 Å². The molecule has 1 amide bonds. The number of carbonyl (C=O) groups is 3. The second kappa shape index (κ2) is 10.4. The topological polar surface area (TPSA) is 132 Å². The van der Waals surface area contributed by atoms with Gasteiger partial charge in [-0.05, 0) is 43.2 Å². The van der Waals surface area contributed by atoms with Crippen molar-refractivity contribution in [1.29, 1.82) is 0 Å². The minimum absolute atomic E-state index is 0.0836. The molecule has 1 fully saturated rings. The molecule has 1 aromatic heterocycles. The summed E-state index contributed by atoms with van der Waals surface area (Å²) < 4.78 is 37.5. The fraction of sp³-hybridized carbons (Fsp3) is 0.280. The maximum atomic E-state index is 13.3. The van der Waals surface area contributed by atoms with Gasteiger partial charge in [0, 0.05) is 36.3 Å². The number of nitrogens with one attached hydrogen (secondary N) is 1. The number of nitrogens with zero attached hydrogens (tertiary/aromatic N) is 2. The quantitative estimate of drug-likeness (QED) is 0.500. The molecular weight excluding hydrogens is 486 g/mol. The zero-order valence-electron chi connectivity index (χ0n) is 19.8. The van der Waals surface area contributed by atoms with Crippen LogP contribution in [-0.4, -0.2) is 62.9 Å². The van der Waals surface area contributed by atoms with E-state index in [2.05, 4.69) is 10.3 Å². The molecule has 0 bridgehead atoms. The maximum Gasteiger partial charge on any atom is 0.337 e. The standard InChI is InChI=1S/C25H25N3O7S/c1-34-24(30)18-13-19(25(31)35-2)15-20(14-18)27-23(29)17-8-11-28(12-9-17)36(32,33)21-7-3-5-16-6-4-10-26-22(16)21/h3-7,10,13-15,17H,8-9,11-12H2,1-2H3,(H,27,29). The molecular formula is C25H25N3O7S. The molecule has 0 unspecified atom stereocenters. The molecule has 1 aliphatic rings. The van der Waals surface area contributed by atoms with Gasteiger partial charge < -0.3 is 14.8 Å². The average Bonchev–Trinajstić information content (AvgIpc) is 2.91. The van der Waals surface area contributed by atoms with Crippen LogP contribution in [0.3, 0.4) is 0 Å². The van der Waals surface area contributed by atoms with Crippen molar-refractivity contribution in [1.82, 2.24) is 9.29 Å². The van der Waals surface area contributed by atoms with E-state index >= 15 is 0 Å². The van der Waals surface area contributed by atoms with Gasteiger partial charge in [-0.3, -0.25) is 9.78 Å². The molecule has 1 N–H and O–H groups in total. The van der Waals surface area contributed by atoms with Crippen molar-refractivity contribution in [2.75, 3.05) is 32.6 Å². The van der Waals surface area contributed by atoms with Gasteiger partial charge in [0.2, 0.25) is 15.9 Å². The van der Waals surface area contributed by atoms with Gasteiger partial charge in [0.15, 0.2) is 0 Å². The number of benzene rings is 2. The first-order valence-electron chi connectivity index (χ1n) is 11.2. The molecule has 3 aromatic rings. The summed E-state index contributed by atoms with van der Waals surface area (Å²) in [5.74, 6) is -2.13. The van der Waals surface area contributed by atoms with Crippen LogP contribution in [0.15, 0.2) is 59.6 Å². The van der Waals surface area contributed by atoms with E-state index in [0.29, 0.717) is 18.4 Å². The van der Waals surface area contributed by atoms with E-state index in [1.807, 2.05) is 0 Å². The van der Waals surface area contributed by atoms with Gasteiger partial charge in [0.1, 0.15) is 4.90 Å². The lowest BCUT2D eigenvalue weighted by atomic mass is 9.97. The molecule has 11 heteroatoms. The molecule has 0 spiro atoms. The minimum atomic E-state index is -3.80. The Balaban J connectivity index is 1.47. The van der Waals surface area contributed by atoms with Crippen LogP contribution < -0.4 is 5.32 Å². The average molecular weight is 512 g/mol. The summed E-state index contributed by atoms with van der Waals surface area (Å²) in [6, 6.07) is 12.7. The smallest absolute Gasteiger partial charge is 0.337 e. The zero-order chi connectivity index (χ0) is 25.9. The lowest BCUT2D eigenvalue weighted by Gasteiger charge is -2.30. The van der Waals surface area contributed by atoms with Gasteiger partial charge in [-0.15, -0.1) is 0 Å². The van der Waals surface area contributed by atoms with Gasteiger partial charge in [0.05, 0.1) is 30.9 Å². The molecule has 2 heterocycles. The summed E-state index contributed by atoms with van der Waals surface area (Å²) in [7, 11) is -1.38. The number of sulfonamides is 1. The van der Waals surface area contributed by atoms with Crippen molar-refractivity contribution in [2.24, 2.45) is 5.92 Å². The molecule has 10 nitrogen and oxygen atoms in total. The molecule has 188 valence electrons. The number of methoxy groups -OCH3 is 2. The summed E-state index contributed by atoms with van der Waals surface area (Å²) in [6.45, 7) is 0.332. The number of piperidine rings is 1. The van der Waals surface area contributed by atoms with Crippen LogP contribution in [0.1, 0.15) is 33.6 Å². The Morgan fingerprint density at radius 3 is 2.17 bits per heavy atom. The first-order valence-corrected chi connectivity index (χ1v) is 12.6. The lowest BCUT2D eigenvalue weighted by Crippen LogP contribution is -2.41. The molecule has 0 aliphatic carbocycles. The third kappa shape index (κ3) is 5.07. The second-order valence-corrected chi connectivity index (χ2v) is 10.2. The first-order chi connectivity index (χ1) is 17.2. The van der Waals surface area contributed by atoms with Crippen LogP contribution >= 0.6 is 0 Å². The molecule has 2 aromatic carbocycles. The number of aromatic nitrogens is 1. The number of carbonyl (C=O) groups excluding carboxylic acids is 3. The number of rotatable bonds is 6. The monoisotopic (exact) mass is 511 g/mol. The molecule has 36 heavy (non-hydrogen) atoms. The summed E-state index contributed by atoms with van der Waals surface area (Å²) in [5, 5.41) is 3.46. The highest BCUT2D eigenvalue weighted by atomic mass is 32.2. The van der Waals surface area contributed by atoms with E-state index in [-0.39, 0.29) is 40.7 Å². The van der Waals surface area contributed by atoms with E-state index in [1.165, 1.54) is 42.8 Å². The summed E-state index contributed by atoms with van der Waals surface area (Å²) in [6.07, 6.45) is 2.17. The number of hydrogen-bond acceptors (Lipinski definition) is 8. The Labute approximate surface area is 208 Å². The van der Waals surface area contributed by atoms with Crippen molar-refractivity contribution in [3.05, 3.63) is 65.9 Å². The van der Waals surface area contributed by atoms with Crippen LogP contribution in [0.2, 0.25) is 0 Å². The minimum Gasteiger partial charge on any atom is -0.465 e. The normalized spacial score (nSPS) is 14.8. The van der Waals surface area contributed by atoms with E-state index in [1.54, 1.807) is 30.5 Å². The van der Waals surface area contributed by atoms with Crippen molar-refractivity contribution in [3.8, 4) is 0 Å². The number of para-hydroxylation sites is 1. The van der Waals surface area contributed by atoms with Gasteiger partial charge >= 0.3 is 11.9 Å². The fourth-order valence-electron chi connectivity index (χ4n) is 4.20. The number of anilines is 1. The molecule has 1 saturated heterocycles. The SMILES string of the molecule is COC(=O)c1cc(NC(=O)C2CCN(S(=O)(=O)c3cccc4cccnc34)CC2)cc(C(=O)OC)c1. The van der Waals surface area contributed by atoms with E-state index in [4.69, 9.17) is 9.47 Å². The van der Waals surface area contributed by atoms with Gasteiger partial charge in [-0.1, -0.05) is 18.2 Å². The number of amides is 1. The van der Waals surface area contributed by atoms with Crippen LogP contribution in [0.25, 0.3) is 10.9 Å². The van der Waals surface area contributed by atoms with E-state index < -0.39 is 27.9 Å². The molecule has 0 saturated carbocycles. The lowest BCUT2D eigenvalue weighted by molar-refractivity contribution is -0.120. The van der Waals surface area contributed by atoms with Crippen molar-refractivity contribution in [3.63, 3.8) is 0 Å². The Morgan fingerprint density at radius 2 is 1.56 bits per heavy atom. The molecule has 4 rings (SSSR count). The Kier molecular flexibility index (Phi) is 7.32. The molecule has 1 aliphatic heterocycles.